The molecule has 20 heavy (non-hydrogen) atoms. The van der Waals surface area contributed by atoms with Gasteiger partial charge in [-0.2, -0.15) is 4.98 Å². The maximum Gasteiger partial charge on any atom is 0.215 e. The number of halogens is 2. The van der Waals surface area contributed by atoms with Gasteiger partial charge in [0.2, 0.25) is 11.8 Å². The van der Waals surface area contributed by atoms with Crippen LogP contribution in [0.5, 0.6) is 5.88 Å². The second kappa shape index (κ2) is 4.44. The zero-order valence-electron chi connectivity index (χ0n) is 10.5. The van der Waals surface area contributed by atoms with E-state index in [1.165, 1.54) is 13.2 Å². The van der Waals surface area contributed by atoms with Gasteiger partial charge in [-0.15, -0.1) is 0 Å². The first-order valence-electron chi connectivity index (χ1n) is 5.75. The third kappa shape index (κ3) is 1.75. The lowest BCUT2D eigenvalue weighted by molar-refractivity contribution is 0.399. The minimum absolute atomic E-state index is 0.0512. The number of ether oxygens (including phenoxy) is 1. The van der Waals surface area contributed by atoms with Crippen molar-refractivity contribution in [1.29, 1.82) is 0 Å². The monoisotopic (exact) mass is 276 g/mol. The molecule has 0 aliphatic carbocycles. The van der Waals surface area contributed by atoms with E-state index in [4.69, 9.17) is 10.5 Å². The smallest absolute Gasteiger partial charge is 0.215 e. The van der Waals surface area contributed by atoms with Crippen LogP contribution in [0.2, 0.25) is 0 Å². The van der Waals surface area contributed by atoms with Crippen molar-refractivity contribution in [2.75, 3.05) is 12.8 Å². The van der Waals surface area contributed by atoms with Crippen LogP contribution in [0, 0.1) is 11.6 Å². The predicted octanol–water partition coefficient (Wildman–Crippen LogP) is 2.29. The molecule has 2 aromatic heterocycles. The molecule has 3 aromatic rings. The molecule has 0 saturated heterocycles. The summed E-state index contributed by atoms with van der Waals surface area (Å²) in [5.41, 5.74) is 6.09. The highest BCUT2D eigenvalue weighted by Gasteiger charge is 2.18. The highest BCUT2D eigenvalue weighted by atomic mass is 19.1. The standard InChI is InChI=1S/C13H10F2N4O/c1-20-10-6-5-9-12(18-10)19(13(16)17-9)11-7(14)3-2-4-8(11)15/h2-6H,1H3,(H2,16,17). The Hall–Kier alpha value is -2.70. The number of hydrogen-bond donors (Lipinski definition) is 1. The van der Waals surface area contributed by atoms with Crippen molar-refractivity contribution in [1.82, 2.24) is 14.5 Å². The number of aromatic nitrogens is 3. The number of fused-ring (bicyclic) bond motifs is 1. The lowest BCUT2D eigenvalue weighted by Crippen LogP contribution is -2.06. The van der Waals surface area contributed by atoms with Gasteiger partial charge >= 0.3 is 0 Å². The topological polar surface area (TPSA) is 66.0 Å². The first-order valence-corrected chi connectivity index (χ1v) is 5.75. The van der Waals surface area contributed by atoms with Gasteiger partial charge in [0.15, 0.2) is 5.65 Å². The van der Waals surface area contributed by atoms with Crippen molar-refractivity contribution in [3.05, 3.63) is 42.0 Å². The lowest BCUT2D eigenvalue weighted by atomic mass is 10.3. The Labute approximate surface area is 112 Å². The number of nitrogen functional groups attached to an aromatic ring is 1. The van der Waals surface area contributed by atoms with Crippen LogP contribution in [0.15, 0.2) is 30.3 Å². The van der Waals surface area contributed by atoms with Gasteiger partial charge in [0.1, 0.15) is 22.8 Å². The van der Waals surface area contributed by atoms with E-state index in [0.717, 1.165) is 16.7 Å². The summed E-state index contributed by atoms with van der Waals surface area (Å²) in [6.07, 6.45) is 0. The number of pyridine rings is 1. The molecule has 0 fully saturated rings. The molecule has 1 aromatic carbocycles. The van der Waals surface area contributed by atoms with Gasteiger partial charge < -0.3 is 10.5 Å². The molecule has 7 heteroatoms. The molecule has 0 bridgehead atoms. The minimum atomic E-state index is -0.749. The van der Waals surface area contributed by atoms with E-state index in [9.17, 15) is 8.78 Å². The molecule has 0 aliphatic rings. The molecular weight excluding hydrogens is 266 g/mol. The Morgan fingerprint density at radius 2 is 1.80 bits per heavy atom. The van der Waals surface area contributed by atoms with Crippen molar-refractivity contribution in [2.24, 2.45) is 0 Å². The van der Waals surface area contributed by atoms with Crippen molar-refractivity contribution < 1.29 is 13.5 Å². The second-order valence-electron chi connectivity index (χ2n) is 4.07. The summed E-state index contributed by atoms with van der Waals surface area (Å²) in [4.78, 5) is 8.17. The van der Waals surface area contributed by atoms with Gasteiger partial charge in [-0.05, 0) is 18.2 Å². The quantitative estimate of drug-likeness (QED) is 0.780. The van der Waals surface area contributed by atoms with Crippen LogP contribution in [-0.4, -0.2) is 21.6 Å². The van der Waals surface area contributed by atoms with Crippen LogP contribution < -0.4 is 10.5 Å². The van der Waals surface area contributed by atoms with Gasteiger partial charge in [-0.25, -0.2) is 13.8 Å². The van der Waals surface area contributed by atoms with Crippen LogP contribution in [-0.2, 0) is 0 Å². The molecule has 0 radical (unpaired) electrons. The highest BCUT2D eigenvalue weighted by Crippen LogP contribution is 2.26. The third-order valence-electron chi connectivity index (χ3n) is 2.88. The molecule has 0 spiro atoms. The highest BCUT2D eigenvalue weighted by molar-refractivity contribution is 5.77. The molecule has 0 atom stereocenters. The Morgan fingerprint density at radius 3 is 2.45 bits per heavy atom. The summed E-state index contributed by atoms with van der Waals surface area (Å²) < 4.78 is 33.9. The number of nitrogens with two attached hydrogens (primary N) is 1. The van der Waals surface area contributed by atoms with Crippen molar-refractivity contribution in [3.8, 4) is 11.6 Å². The van der Waals surface area contributed by atoms with E-state index in [1.54, 1.807) is 12.1 Å². The van der Waals surface area contributed by atoms with E-state index in [0.29, 0.717) is 11.4 Å². The van der Waals surface area contributed by atoms with Gasteiger partial charge in [0, 0.05) is 6.07 Å². The number of rotatable bonds is 2. The maximum absolute atomic E-state index is 13.9. The second-order valence-corrected chi connectivity index (χ2v) is 4.07. The lowest BCUT2D eigenvalue weighted by Gasteiger charge is -2.08. The van der Waals surface area contributed by atoms with Crippen LogP contribution >= 0.6 is 0 Å². The summed E-state index contributed by atoms with van der Waals surface area (Å²) in [6, 6.07) is 6.77. The Balaban J connectivity index is 2.38. The maximum atomic E-state index is 13.9. The van der Waals surface area contributed by atoms with Gasteiger partial charge in [-0.3, -0.25) is 4.57 Å². The van der Waals surface area contributed by atoms with Crippen LogP contribution in [0.25, 0.3) is 16.9 Å². The molecule has 0 saturated carbocycles. The van der Waals surface area contributed by atoms with Crippen molar-refractivity contribution >= 4 is 17.1 Å². The summed E-state index contributed by atoms with van der Waals surface area (Å²) in [5, 5.41) is 0. The fourth-order valence-electron chi connectivity index (χ4n) is 1.99. The first-order chi connectivity index (χ1) is 9.61. The molecular formula is C13H10F2N4O. The summed E-state index contributed by atoms with van der Waals surface area (Å²) >= 11 is 0. The number of benzene rings is 1. The zero-order chi connectivity index (χ0) is 14.3. The molecule has 102 valence electrons. The van der Waals surface area contributed by atoms with E-state index in [1.807, 2.05) is 0 Å². The zero-order valence-corrected chi connectivity index (χ0v) is 10.5. The Bertz CT molecular complexity index is 780. The summed E-state index contributed by atoms with van der Waals surface area (Å²) in [7, 11) is 1.45. The normalized spacial score (nSPS) is 10.9. The average Bonchev–Trinajstić information content (AvgIpc) is 2.74. The SMILES string of the molecule is COc1ccc2nc(N)n(-c3c(F)cccc3F)c2n1. The van der Waals surface area contributed by atoms with E-state index in [-0.39, 0.29) is 17.3 Å². The van der Waals surface area contributed by atoms with Gasteiger partial charge in [0.25, 0.3) is 0 Å². The third-order valence-corrected chi connectivity index (χ3v) is 2.88. The minimum Gasteiger partial charge on any atom is -0.481 e. The van der Waals surface area contributed by atoms with Crippen LogP contribution in [0.1, 0.15) is 0 Å². The molecule has 2 N–H and O–H groups in total. The number of imidazole rings is 1. The number of para-hydroxylation sites is 1. The molecule has 5 nitrogen and oxygen atoms in total. The largest absolute Gasteiger partial charge is 0.481 e. The molecule has 2 heterocycles. The predicted molar refractivity (Wildman–Crippen MR) is 69.7 cm³/mol. The first kappa shape index (κ1) is 12.3. The Kier molecular flexibility index (Phi) is 2.74. The molecule has 3 rings (SSSR count). The number of anilines is 1. The Morgan fingerprint density at radius 1 is 1.10 bits per heavy atom. The fraction of sp³-hybridized carbons (Fsp3) is 0.0769. The van der Waals surface area contributed by atoms with Crippen LogP contribution in [0.3, 0.4) is 0 Å². The van der Waals surface area contributed by atoms with E-state index < -0.39 is 11.6 Å². The van der Waals surface area contributed by atoms with Gasteiger partial charge in [-0.1, -0.05) is 6.07 Å². The number of hydrogen-bond acceptors (Lipinski definition) is 4. The van der Waals surface area contributed by atoms with Crippen LogP contribution in [0.4, 0.5) is 14.7 Å². The average molecular weight is 276 g/mol. The van der Waals surface area contributed by atoms with Crippen molar-refractivity contribution in [2.45, 2.75) is 0 Å². The van der Waals surface area contributed by atoms with E-state index in [2.05, 4.69) is 9.97 Å². The summed E-state index contributed by atoms with van der Waals surface area (Å²) in [5.74, 6) is -1.25. The molecule has 0 aliphatic heterocycles. The summed E-state index contributed by atoms with van der Waals surface area (Å²) in [6.45, 7) is 0. The van der Waals surface area contributed by atoms with Gasteiger partial charge in [0.05, 0.1) is 7.11 Å². The molecule has 0 amide bonds. The fourth-order valence-corrected chi connectivity index (χ4v) is 1.99. The van der Waals surface area contributed by atoms with Crippen molar-refractivity contribution in [3.63, 3.8) is 0 Å². The van der Waals surface area contributed by atoms with E-state index >= 15 is 0 Å². The number of methoxy groups -OCH3 is 1. The number of nitrogens with zero attached hydrogens (tertiary/aromatic N) is 3. The molecule has 0 unspecified atom stereocenters.